The number of alkyl halides is 3. The van der Waals surface area contributed by atoms with Gasteiger partial charge >= 0.3 is 6.18 Å². The second-order valence-electron chi connectivity index (χ2n) is 4.93. The van der Waals surface area contributed by atoms with Crippen LogP contribution in [0, 0.1) is 13.8 Å². The number of nitrogens with one attached hydrogen (secondary N) is 1. The lowest BCUT2D eigenvalue weighted by Gasteiger charge is -2.14. The zero-order valence-electron chi connectivity index (χ0n) is 12.1. The zero-order chi connectivity index (χ0) is 15.3. The van der Waals surface area contributed by atoms with Crippen molar-refractivity contribution >= 4 is 0 Å². The van der Waals surface area contributed by atoms with Crippen LogP contribution in [0.5, 0.6) is 0 Å². The van der Waals surface area contributed by atoms with Crippen LogP contribution in [0.15, 0.2) is 0 Å². The first-order chi connectivity index (χ1) is 9.19. The molecular formula is C13H20F3N3O. The SMILES string of the molecule is Cc1nc(COCC(F)(F)F)nc(C)c1CNC(C)C. The molecule has 0 aliphatic rings. The average Bonchev–Trinajstić information content (AvgIpc) is 2.25. The van der Waals surface area contributed by atoms with E-state index < -0.39 is 12.8 Å². The second-order valence-corrected chi connectivity index (χ2v) is 4.93. The van der Waals surface area contributed by atoms with Gasteiger partial charge in [-0.2, -0.15) is 13.2 Å². The highest BCUT2D eigenvalue weighted by atomic mass is 19.4. The fourth-order valence-electron chi connectivity index (χ4n) is 1.69. The van der Waals surface area contributed by atoms with Crippen LogP contribution in [0.3, 0.4) is 0 Å². The third-order valence-corrected chi connectivity index (χ3v) is 2.65. The molecule has 0 aromatic carbocycles. The van der Waals surface area contributed by atoms with Gasteiger partial charge in [-0.1, -0.05) is 13.8 Å². The van der Waals surface area contributed by atoms with Gasteiger partial charge in [0.15, 0.2) is 5.82 Å². The van der Waals surface area contributed by atoms with Gasteiger partial charge in [-0.25, -0.2) is 9.97 Å². The summed E-state index contributed by atoms with van der Waals surface area (Å²) in [5.74, 6) is 0.276. The molecule has 0 unspecified atom stereocenters. The van der Waals surface area contributed by atoms with E-state index in [9.17, 15) is 13.2 Å². The van der Waals surface area contributed by atoms with Crippen LogP contribution < -0.4 is 5.32 Å². The lowest BCUT2D eigenvalue weighted by molar-refractivity contribution is -0.177. The summed E-state index contributed by atoms with van der Waals surface area (Å²) in [7, 11) is 0. The summed E-state index contributed by atoms with van der Waals surface area (Å²) in [5.41, 5.74) is 2.49. The molecule has 7 heteroatoms. The molecule has 0 amide bonds. The Kier molecular flexibility index (Phi) is 5.88. The molecule has 0 bridgehead atoms. The number of nitrogens with zero attached hydrogens (tertiary/aromatic N) is 2. The summed E-state index contributed by atoms with van der Waals surface area (Å²) in [5, 5.41) is 3.27. The normalized spacial score (nSPS) is 12.2. The molecule has 1 N–H and O–H groups in total. The van der Waals surface area contributed by atoms with Gasteiger partial charge in [0, 0.05) is 29.5 Å². The van der Waals surface area contributed by atoms with Crippen molar-refractivity contribution in [2.45, 2.75) is 53.1 Å². The van der Waals surface area contributed by atoms with Crippen LogP contribution in [0.2, 0.25) is 0 Å². The fourth-order valence-corrected chi connectivity index (χ4v) is 1.69. The summed E-state index contributed by atoms with van der Waals surface area (Å²) in [6, 6.07) is 0.337. The van der Waals surface area contributed by atoms with Gasteiger partial charge in [0.2, 0.25) is 0 Å². The molecule has 0 aliphatic carbocycles. The van der Waals surface area contributed by atoms with Crippen LogP contribution in [0.4, 0.5) is 13.2 Å². The van der Waals surface area contributed by atoms with Crippen molar-refractivity contribution in [3.63, 3.8) is 0 Å². The first-order valence-corrected chi connectivity index (χ1v) is 6.40. The summed E-state index contributed by atoms with van der Waals surface area (Å²) in [6.07, 6.45) is -4.33. The lowest BCUT2D eigenvalue weighted by Crippen LogP contribution is -2.24. The minimum Gasteiger partial charge on any atom is -0.364 e. The topological polar surface area (TPSA) is 47.0 Å². The van der Waals surface area contributed by atoms with Crippen molar-refractivity contribution in [2.75, 3.05) is 6.61 Å². The van der Waals surface area contributed by atoms with Gasteiger partial charge in [-0.15, -0.1) is 0 Å². The predicted octanol–water partition coefficient (Wildman–Crippen LogP) is 2.67. The zero-order valence-corrected chi connectivity index (χ0v) is 12.1. The lowest BCUT2D eigenvalue weighted by atomic mass is 10.1. The Morgan fingerprint density at radius 1 is 1.15 bits per heavy atom. The molecule has 1 aromatic heterocycles. The van der Waals surface area contributed by atoms with E-state index in [1.807, 2.05) is 27.7 Å². The monoisotopic (exact) mass is 291 g/mol. The maximum absolute atomic E-state index is 12.0. The van der Waals surface area contributed by atoms with E-state index in [0.29, 0.717) is 12.6 Å². The van der Waals surface area contributed by atoms with Crippen molar-refractivity contribution < 1.29 is 17.9 Å². The number of ether oxygens (including phenoxy) is 1. The highest BCUT2D eigenvalue weighted by molar-refractivity contribution is 5.24. The van der Waals surface area contributed by atoms with E-state index >= 15 is 0 Å². The maximum atomic E-state index is 12.0. The van der Waals surface area contributed by atoms with Crippen LogP contribution in [-0.4, -0.2) is 28.8 Å². The van der Waals surface area contributed by atoms with Crippen molar-refractivity contribution in [1.82, 2.24) is 15.3 Å². The van der Waals surface area contributed by atoms with E-state index in [0.717, 1.165) is 17.0 Å². The second kappa shape index (κ2) is 6.99. The molecular weight excluding hydrogens is 271 g/mol. The molecule has 0 fully saturated rings. The van der Waals surface area contributed by atoms with Gasteiger partial charge in [-0.05, 0) is 13.8 Å². The standard InChI is InChI=1S/C13H20F3N3O/c1-8(2)17-5-11-9(3)18-12(19-10(11)4)6-20-7-13(14,15)16/h8,17H,5-7H2,1-4H3. The number of aromatic nitrogens is 2. The molecule has 1 rings (SSSR count). The summed E-state index contributed by atoms with van der Waals surface area (Å²) >= 11 is 0. The van der Waals surface area contributed by atoms with Gasteiger partial charge in [0.25, 0.3) is 0 Å². The van der Waals surface area contributed by atoms with Gasteiger partial charge in [0.1, 0.15) is 13.2 Å². The molecule has 0 spiro atoms. The highest BCUT2D eigenvalue weighted by Gasteiger charge is 2.27. The Bertz CT molecular complexity index is 424. The molecule has 0 saturated heterocycles. The quantitative estimate of drug-likeness (QED) is 0.875. The molecule has 4 nitrogen and oxygen atoms in total. The molecule has 1 heterocycles. The van der Waals surface area contributed by atoms with E-state index in [2.05, 4.69) is 20.0 Å². The van der Waals surface area contributed by atoms with Crippen molar-refractivity contribution in [1.29, 1.82) is 0 Å². The molecule has 20 heavy (non-hydrogen) atoms. The maximum Gasteiger partial charge on any atom is 0.411 e. The minimum atomic E-state index is -4.33. The summed E-state index contributed by atoms with van der Waals surface area (Å²) < 4.78 is 40.5. The molecule has 114 valence electrons. The Hall–Kier alpha value is -1.21. The van der Waals surface area contributed by atoms with Crippen LogP contribution in [0.25, 0.3) is 0 Å². The minimum absolute atomic E-state index is 0.237. The van der Waals surface area contributed by atoms with E-state index in [1.54, 1.807) is 0 Å². The number of rotatable bonds is 6. The van der Waals surface area contributed by atoms with Gasteiger partial charge in [0.05, 0.1) is 0 Å². The molecule has 0 saturated carbocycles. The first-order valence-electron chi connectivity index (χ1n) is 6.40. The number of aryl methyl sites for hydroxylation is 2. The molecule has 0 aliphatic heterocycles. The number of halogens is 3. The number of hydrogen-bond acceptors (Lipinski definition) is 4. The first kappa shape index (κ1) is 16.8. The number of hydrogen-bond donors (Lipinski definition) is 1. The Morgan fingerprint density at radius 3 is 2.15 bits per heavy atom. The third-order valence-electron chi connectivity index (χ3n) is 2.65. The van der Waals surface area contributed by atoms with Crippen molar-refractivity contribution in [3.8, 4) is 0 Å². The Labute approximate surface area is 116 Å². The van der Waals surface area contributed by atoms with E-state index in [1.165, 1.54) is 0 Å². The third kappa shape index (κ3) is 5.83. The Morgan fingerprint density at radius 2 is 1.70 bits per heavy atom. The van der Waals surface area contributed by atoms with Crippen LogP contribution in [0.1, 0.15) is 36.6 Å². The van der Waals surface area contributed by atoms with Crippen molar-refractivity contribution in [3.05, 3.63) is 22.8 Å². The molecule has 1 aromatic rings. The van der Waals surface area contributed by atoms with Gasteiger partial charge < -0.3 is 10.1 Å². The summed E-state index contributed by atoms with van der Waals surface area (Å²) in [4.78, 5) is 8.38. The fraction of sp³-hybridized carbons (Fsp3) is 0.692. The molecule has 0 atom stereocenters. The smallest absolute Gasteiger partial charge is 0.364 e. The molecule has 0 radical (unpaired) electrons. The highest BCUT2D eigenvalue weighted by Crippen LogP contribution is 2.16. The van der Waals surface area contributed by atoms with Crippen LogP contribution in [-0.2, 0) is 17.9 Å². The Balaban J connectivity index is 2.68. The predicted molar refractivity (Wildman–Crippen MR) is 69.2 cm³/mol. The summed E-state index contributed by atoms with van der Waals surface area (Å²) in [6.45, 7) is 6.82. The van der Waals surface area contributed by atoms with Gasteiger partial charge in [-0.3, -0.25) is 0 Å². The van der Waals surface area contributed by atoms with Crippen molar-refractivity contribution in [2.24, 2.45) is 0 Å². The average molecular weight is 291 g/mol. The van der Waals surface area contributed by atoms with E-state index in [4.69, 9.17) is 0 Å². The van der Waals surface area contributed by atoms with Crippen LogP contribution >= 0.6 is 0 Å². The largest absolute Gasteiger partial charge is 0.411 e. The van der Waals surface area contributed by atoms with E-state index in [-0.39, 0.29) is 12.4 Å².